The molecule has 2 aromatic rings. The van der Waals surface area contributed by atoms with Crippen LogP contribution in [0.15, 0.2) is 36.4 Å². The van der Waals surface area contributed by atoms with Gasteiger partial charge in [0.25, 0.3) is 0 Å². The summed E-state index contributed by atoms with van der Waals surface area (Å²) in [5, 5.41) is 5.50. The summed E-state index contributed by atoms with van der Waals surface area (Å²) < 4.78 is 21.3. The van der Waals surface area contributed by atoms with Crippen LogP contribution in [0, 0.1) is 0 Å². The van der Waals surface area contributed by atoms with Crippen molar-refractivity contribution in [1.82, 2.24) is 0 Å². The second kappa shape index (κ2) is 8.68. The molecule has 7 nitrogen and oxygen atoms in total. The quantitative estimate of drug-likeness (QED) is 0.798. The highest BCUT2D eigenvalue weighted by Gasteiger charge is 2.15. The molecule has 134 valence electrons. The molecule has 0 atom stereocenters. The number of carbonyl (C=O) groups is 1. The molecule has 2 rings (SSSR count). The van der Waals surface area contributed by atoms with Crippen molar-refractivity contribution in [1.29, 1.82) is 0 Å². The summed E-state index contributed by atoms with van der Waals surface area (Å²) in [5.41, 5.74) is 1.08. The molecule has 0 saturated heterocycles. The van der Waals surface area contributed by atoms with Gasteiger partial charge < -0.3 is 29.6 Å². The zero-order chi connectivity index (χ0) is 18.2. The number of methoxy groups -OCH3 is 3. The molecule has 7 heteroatoms. The summed E-state index contributed by atoms with van der Waals surface area (Å²) in [6.45, 7) is 2.39. The summed E-state index contributed by atoms with van der Waals surface area (Å²) in [5.74, 6) is 1.96. The van der Waals surface area contributed by atoms with E-state index in [2.05, 4.69) is 10.6 Å². The Balaban J connectivity index is 2.18. The maximum Gasteiger partial charge on any atom is 0.323 e. The first-order valence-electron chi connectivity index (χ1n) is 7.72. The minimum absolute atomic E-state index is 0.415. The molecule has 0 saturated carbocycles. The lowest BCUT2D eigenvalue weighted by Gasteiger charge is -2.15. The van der Waals surface area contributed by atoms with Gasteiger partial charge in [0.15, 0.2) is 11.5 Å². The molecule has 0 radical (unpaired) electrons. The van der Waals surface area contributed by atoms with E-state index in [1.165, 1.54) is 21.3 Å². The van der Waals surface area contributed by atoms with Gasteiger partial charge in [0, 0.05) is 12.1 Å². The molecule has 0 aromatic heterocycles. The molecule has 0 bridgehead atoms. The molecule has 0 aliphatic heterocycles. The zero-order valence-corrected chi connectivity index (χ0v) is 14.7. The molecule has 0 unspecified atom stereocenters. The van der Waals surface area contributed by atoms with Crippen LogP contribution in [-0.2, 0) is 0 Å². The van der Waals surface area contributed by atoms with Crippen molar-refractivity contribution >= 4 is 17.4 Å². The first kappa shape index (κ1) is 18.3. The molecule has 0 aliphatic carbocycles. The lowest BCUT2D eigenvalue weighted by Crippen LogP contribution is -2.20. The highest BCUT2D eigenvalue weighted by Crippen LogP contribution is 2.40. The van der Waals surface area contributed by atoms with Crippen LogP contribution in [0.3, 0.4) is 0 Å². The smallest absolute Gasteiger partial charge is 0.323 e. The number of ether oxygens (including phenoxy) is 4. The fraction of sp³-hybridized carbons (Fsp3) is 0.278. The van der Waals surface area contributed by atoms with Crippen LogP contribution in [0.4, 0.5) is 16.2 Å². The average molecular weight is 346 g/mol. The van der Waals surface area contributed by atoms with Crippen LogP contribution < -0.4 is 29.6 Å². The lowest BCUT2D eigenvalue weighted by molar-refractivity contribution is 0.262. The molecular formula is C18H22N2O5. The number of hydrogen-bond donors (Lipinski definition) is 2. The van der Waals surface area contributed by atoms with Crippen LogP contribution >= 0.6 is 0 Å². The van der Waals surface area contributed by atoms with Crippen molar-refractivity contribution in [3.8, 4) is 23.0 Å². The summed E-state index contributed by atoms with van der Waals surface area (Å²) >= 11 is 0. The Morgan fingerprint density at radius 2 is 1.56 bits per heavy atom. The Kier molecular flexibility index (Phi) is 6.33. The van der Waals surface area contributed by atoms with E-state index in [1.807, 2.05) is 19.1 Å². The number of anilines is 2. The van der Waals surface area contributed by atoms with Gasteiger partial charge in [0.2, 0.25) is 5.75 Å². The number of hydrogen-bond acceptors (Lipinski definition) is 5. The van der Waals surface area contributed by atoms with Gasteiger partial charge in [-0.25, -0.2) is 4.79 Å². The topological polar surface area (TPSA) is 78.1 Å². The van der Waals surface area contributed by atoms with Gasteiger partial charge in [0.1, 0.15) is 5.75 Å². The maximum absolute atomic E-state index is 12.3. The number of amides is 2. The summed E-state index contributed by atoms with van der Waals surface area (Å²) in [6, 6.07) is 10.1. The van der Waals surface area contributed by atoms with Crippen LogP contribution in [0.2, 0.25) is 0 Å². The number of rotatable bonds is 7. The van der Waals surface area contributed by atoms with Crippen LogP contribution in [0.25, 0.3) is 0 Å². The normalized spacial score (nSPS) is 9.92. The zero-order valence-electron chi connectivity index (χ0n) is 14.7. The molecule has 0 fully saturated rings. The van der Waals surface area contributed by atoms with Gasteiger partial charge in [-0.2, -0.15) is 0 Å². The van der Waals surface area contributed by atoms with Gasteiger partial charge in [-0.1, -0.05) is 12.1 Å². The van der Waals surface area contributed by atoms with E-state index in [9.17, 15) is 4.79 Å². The number of urea groups is 1. The standard InChI is InChI=1S/C18H22N2O5/c1-5-25-14-9-7-6-8-13(14)20-18(21)19-12-10-15(22-2)17(24-4)16(11-12)23-3/h6-11H,5H2,1-4H3,(H2,19,20,21). The fourth-order valence-electron chi connectivity index (χ4n) is 2.29. The minimum atomic E-state index is -0.415. The Morgan fingerprint density at radius 3 is 2.12 bits per heavy atom. The number of carbonyl (C=O) groups excluding carboxylic acids is 1. The minimum Gasteiger partial charge on any atom is -0.493 e. The summed E-state index contributed by atoms with van der Waals surface area (Å²) in [7, 11) is 4.55. The Hall–Kier alpha value is -3.09. The van der Waals surface area contributed by atoms with Gasteiger partial charge in [0.05, 0.1) is 39.3 Å². The highest BCUT2D eigenvalue weighted by atomic mass is 16.5. The van der Waals surface area contributed by atoms with Gasteiger partial charge in [-0.05, 0) is 19.1 Å². The number of benzene rings is 2. The average Bonchev–Trinajstić information content (AvgIpc) is 2.62. The maximum atomic E-state index is 12.3. The van der Waals surface area contributed by atoms with E-state index in [1.54, 1.807) is 24.3 Å². The van der Waals surface area contributed by atoms with Gasteiger partial charge in [-0.15, -0.1) is 0 Å². The summed E-state index contributed by atoms with van der Waals surface area (Å²) in [6.07, 6.45) is 0. The highest BCUT2D eigenvalue weighted by molar-refractivity contribution is 6.01. The fourth-order valence-corrected chi connectivity index (χ4v) is 2.29. The lowest BCUT2D eigenvalue weighted by atomic mass is 10.2. The molecule has 0 aliphatic rings. The third kappa shape index (κ3) is 4.47. The van der Waals surface area contributed by atoms with E-state index in [0.717, 1.165) is 0 Å². The van der Waals surface area contributed by atoms with Crippen molar-refractivity contribution in [2.45, 2.75) is 6.92 Å². The second-order valence-corrected chi connectivity index (χ2v) is 4.92. The Bertz CT molecular complexity index is 708. The molecule has 2 N–H and O–H groups in total. The summed E-state index contributed by atoms with van der Waals surface area (Å²) in [4.78, 5) is 12.3. The molecule has 25 heavy (non-hydrogen) atoms. The molecule has 2 aromatic carbocycles. The van der Waals surface area contributed by atoms with Crippen molar-refractivity contribution < 1.29 is 23.7 Å². The van der Waals surface area contributed by atoms with E-state index < -0.39 is 6.03 Å². The molecular weight excluding hydrogens is 324 g/mol. The predicted octanol–water partition coefficient (Wildman–Crippen LogP) is 3.76. The molecule has 0 spiro atoms. The number of nitrogens with one attached hydrogen (secondary N) is 2. The van der Waals surface area contributed by atoms with E-state index >= 15 is 0 Å². The van der Waals surface area contributed by atoms with Crippen molar-refractivity contribution in [2.75, 3.05) is 38.6 Å². The SMILES string of the molecule is CCOc1ccccc1NC(=O)Nc1cc(OC)c(OC)c(OC)c1. The Labute approximate surface area is 146 Å². The van der Waals surface area contributed by atoms with E-state index in [0.29, 0.717) is 41.0 Å². The van der Waals surface area contributed by atoms with Crippen molar-refractivity contribution in [3.63, 3.8) is 0 Å². The Morgan fingerprint density at radius 1 is 0.920 bits per heavy atom. The van der Waals surface area contributed by atoms with E-state index in [-0.39, 0.29) is 0 Å². The van der Waals surface area contributed by atoms with Gasteiger partial charge >= 0.3 is 6.03 Å². The van der Waals surface area contributed by atoms with Crippen molar-refractivity contribution in [3.05, 3.63) is 36.4 Å². The molecule has 2 amide bonds. The molecule has 0 heterocycles. The third-order valence-corrected chi connectivity index (χ3v) is 3.36. The monoisotopic (exact) mass is 346 g/mol. The van der Waals surface area contributed by atoms with E-state index in [4.69, 9.17) is 18.9 Å². The van der Waals surface area contributed by atoms with Crippen LogP contribution in [-0.4, -0.2) is 34.0 Å². The third-order valence-electron chi connectivity index (χ3n) is 3.36. The number of para-hydroxylation sites is 2. The van der Waals surface area contributed by atoms with Crippen molar-refractivity contribution in [2.24, 2.45) is 0 Å². The largest absolute Gasteiger partial charge is 0.493 e. The first-order valence-corrected chi connectivity index (χ1v) is 7.72. The predicted molar refractivity (Wildman–Crippen MR) is 96.4 cm³/mol. The van der Waals surface area contributed by atoms with Crippen LogP contribution in [0.1, 0.15) is 6.92 Å². The second-order valence-electron chi connectivity index (χ2n) is 4.92. The van der Waals surface area contributed by atoms with Crippen LogP contribution in [0.5, 0.6) is 23.0 Å². The first-order chi connectivity index (χ1) is 12.1. The van der Waals surface area contributed by atoms with Gasteiger partial charge in [-0.3, -0.25) is 0 Å².